The standard InChI is InChI=1S/C12H22N2O/c1-5-6-12(2,3)7-11(15)10-8-13-14(4)9-10/h8-9,11,15H,5-7H2,1-4H3. The van der Waals surface area contributed by atoms with E-state index in [4.69, 9.17) is 0 Å². The monoisotopic (exact) mass is 210 g/mol. The van der Waals surface area contributed by atoms with Crippen molar-refractivity contribution in [3.8, 4) is 0 Å². The number of hydrogen-bond donors (Lipinski definition) is 1. The largest absolute Gasteiger partial charge is 0.388 e. The van der Waals surface area contributed by atoms with Gasteiger partial charge in [0.1, 0.15) is 0 Å². The van der Waals surface area contributed by atoms with Crippen molar-refractivity contribution < 1.29 is 5.11 Å². The van der Waals surface area contributed by atoms with Crippen molar-refractivity contribution in [3.05, 3.63) is 18.0 Å². The van der Waals surface area contributed by atoms with Crippen molar-refractivity contribution in [1.82, 2.24) is 9.78 Å². The summed E-state index contributed by atoms with van der Waals surface area (Å²) < 4.78 is 1.73. The molecule has 1 unspecified atom stereocenters. The number of aliphatic hydroxyl groups is 1. The Hall–Kier alpha value is -0.830. The molecule has 0 fully saturated rings. The molecule has 1 rings (SSSR count). The Kier molecular flexibility index (Phi) is 3.91. The molecule has 86 valence electrons. The first kappa shape index (κ1) is 12.2. The van der Waals surface area contributed by atoms with Crippen molar-refractivity contribution in [2.24, 2.45) is 12.5 Å². The van der Waals surface area contributed by atoms with Crippen molar-refractivity contribution in [2.75, 3.05) is 0 Å². The van der Waals surface area contributed by atoms with Gasteiger partial charge < -0.3 is 5.11 Å². The molecule has 0 saturated carbocycles. The van der Waals surface area contributed by atoms with Crippen LogP contribution in [0, 0.1) is 5.41 Å². The third kappa shape index (κ3) is 3.67. The number of nitrogens with zero attached hydrogens (tertiary/aromatic N) is 2. The van der Waals surface area contributed by atoms with Crippen LogP contribution in [0.3, 0.4) is 0 Å². The highest BCUT2D eigenvalue weighted by atomic mass is 16.3. The van der Waals surface area contributed by atoms with Gasteiger partial charge in [0.05, 0.1) is 12.3 Å². The molecule has 1 atom stereocenters. The van der Waals surface area contributed by atoms with Gasteiger partial charge in [-0.2, -0.15) is 5.10 Å². The minimum absolute atomic E-state index is 0.198. The average Bonchev–Trinajstić information content (AvgIpc) is 2.50. The molecule has 15 heavy (non-hydrogen) atoms. The predicted molar refractivity (Wildman–Crippen MR) is 61.5 cm³/mol. The van der Waals surface area contributed by atoms with E-state index in [1.54, 1.807) is 10.9 Å². The second kappa shape index (κ2) is 4.79. The molecule has 0 aliphatic heterocycles. The summed E-state index contributed by atoms with van der Waals surface area (Å²) in [7, 11) is 1.87. The molecular weight excluding hydrogens is 188 g/mol. The second-order valence-electron chi connectivity index (χ2n) is 5.08. The van der Waals surface area contributed by atoms with Crippen LogP contribution in [0.25, 0.3) is 0 Å². The molecule has 1 aromatic heterocycles. The highest BCUT2D eigenvalue weighted by molar-refractivity contribution is 5.08. The molecule has 0 aromatic carbocycles. The van der Waals surface area contributed by atoms with Crippen LogP contribution in [0.5, 0.6) is 0 Å². The van der Waals surface area contributed by atoms with Crippen molar-refractivity contribution in [3.63, 3.8) is 0 Å². The van der Waals surface area contributed by atoms with Crippen molar-refractivity contribution in [2.45, 2.75) is 46.1 Å². The first-order valence-corrected chi connectivity index (χ1v) is 5.61. The lowest BCUT2D eigenvalue weighted by Crippen LogP contribution is -2.15. The molecule has 0 aliphatic rings. The van der Waals surface area contributed by atoms with Gasteiger partial charge in [-0.3, -0.25) is 4.68 Å². The zero-order chi connectivity index (χ0) is 11.5. The SMILES string of the molecule is CCCC(C)(C)CC(O)c1cnn(C)c1. The number of rotatable bonds is 5. The third-order valence-corrected chi connectivity index (χ3v) is 2.78. The molecular formula is C12H22N2O. The van der Waals surface area contributed by atoms with Crippen LogP contribution in [0.1, 0.15) is 51.7 Å². The molecule has 1 aromatic rings. The minimum Gasteiger partial charge on any atom is -0.388 e. The van der Waals surface area contributed by atoms with E-state index in [2.05, 4.69) is 25.9 Å². The molecule has 0 saturated heterocycles. The Morgan fingerprint density at radius 3 is 2.67 bits per heavy atom. The van der Waals surface area contributed by atoms with Crippen LogP contribution < -0.4 is 0 Å². The Bertz CT molecular complexity index is 304. The minimum atomic E-state index is -0.389. The van der Waals surface area contributed by atoms with E-state index in [1.807, 2.05) is 13.2 Å². The van der Waals surface area contributed by atoms with Gasteiger partial charge in [-0.25, -0.2) is 0 Å². The molecule has 0 radical (unpaired) electrons. The normalized spacial score (nSPS) is 14.2. The van der Waals surface area contributed by atoms with Gasteiger partial charge in [0.2, 0.25) is 0 Å². The van der Waals surface area contributed by atoms with Gasteiger partial charge in [-0.1, -0.05) is 27.2 Å². The summed E-state index contributed by atoms with van der Waals surface area (Å²) in [5.41, 5.74) is 1.12. The van der Waals surface area contributed by atoms with Crippen molar-refractivity contribution >= 4 is 0 Å². The second-order valence-corrected chi connectivity index (χ2v) is 5.08. The van der Waals surface area contributed by atoms with Gasteiger partial charge in [-0.15, -0.1) is 0 Å². The van der Waals surface area contributed by atoms with Crippen LogP contribution in [-0.2, 0) is 7.05 Å². The summed E-state index contributed by atoms with van der Waals surface area (Å²) in [4.78, 5) is 0. The number of aliphatic hydroxyl groups excluding tert-OH is 1. The highest BCUT2D eigenvalue weighted by Gasteiger charge is 2.22. The number of aryl methyl sites for hydroxylation is 1. The Balaban J connectivity index is 2.59. The fourth-order valence-corrected chi connectivity index (χ4v) is 2.03. The van der Waals surface area contributed by atoms with Crippen LogP contribution >= 0.6 is 0 Å². The first-order chi connectivity index (χ1) is 6.94. The summed E-state index contributed by atoms with van der Waals surface area (Å²) in [6.07, 6.45) is 6.34. The molecule has 1 N–H and O–H groups in total. The van der Waals surface area contributed by atoms with Gasteiger partial charge >= 0.3 is 0 Å². The molecule has 1 heterocycles. The summed E-state index contributed by atoms with van der Waals surface area (Å²) in [6.45, 7) is 6.59. The molecule has 0 aliphatic carbocycles. The quantitative estimate of drug-likeness (QED) is 0.811. The van der Waals surface area contributed by atoms with Crippen LogP contribution in [0.4, 0.5) is 0 Å². The maximum absolute atomic E-state index is 10.0. The lowest BCUT2D eigenvalue weighted by Gasteiger charge is -2.26. The van der Waals surface area contributed by atoms with Crippen molar-refractivity contribution in [1.29, 1.82) is 0 Å². The Morgan fingerprint density at radius 1 is 1.53 bits per heavy atom. The Morgan fingerprint density at radius 2 is 2.20 bits per heavy atom. The zero-order valence-electron chi connectivity index (χ0n) is 10.2. The molecule has 0 amide bonds. The van der Waals surface area contributed by atoms with E-state index >= 15 is 0 Å². The number of aromatic nitrogens is 2. The van der Waals surface area contributed by atoms with Crippen LogP contribution in [0.15, 0.2) is 12.4 Å². The third-order valence-electron chi connectivity index (χ3n) is 2.78. The van der Waals surface area contributed by atoms with E-state index in [0.717, 1.165) is 24.8 Å². The molecule has 3 nitrogen and oxygen atoms in total. The zero-order valence-corrected chi connectivity index (χ0v) is 10.2. The molecule has 3 heteroatoms. The predicted octanol–water partition coefficient (Wildman–Crippen LogP) is 2.67. The first-order valence-electron chi connectivity index (χ1n) is 5.61. The summed E-state index contributed by atoms with van der Waals surface area (Å²) in [5.74, 6) is 0. The van der Waals surface area contributed by atoms with Gasteiger partial charge in [0.15, 0.2) is 0 Å². The highest BCUT2D eigenvalue weighted by Crippen LogP contribution is 2.33. The van der Waals surface area contributed by atoms with Gasteiger partial charge in [-0.05, 0) is 18.3 Å². The fourth-order valence-electron chi connectivity index (χ4n) is 2.03. The smallest absolute Gasteiger partial charge is 0.0825 e. The van der Waals surface area contributed by atoms with E-state index in [-0.39, 0.29) is 11.5 Å². The van der Waals surface area contributed by atoms with E-state index in [9.17, 15) is 5.11 Å². The summed E-state index contributed by atoms with van der Waals surface area (Å²) in [6, 6.07) is 0. The summed E-state index contributed by atoms with van der Waals surface area (Å²) in [5, 5.41) is 14.1. The van der Waals surface area contributed by atoms with E-state index < -0.39 is 0 Å². The topological polar surface area (TPSA) is 38.1 Å². The maximum Gasteiger partial charge on any atom is 0.0825 e. The Labute approximate surface area is 92.1 Å². The average molecular weight is 210 g/mol. The summed E-state index contributed by atoms with van der Waals surface area (Å²) >= 11 is 0. The van der Waals surface area contributed by atoms with E-state index in [1.165, 1.54) is 0 Å². The van der Waals surface area contributed by atoms with Crippen LogP contribution in [-0.4, -0.2) is 14.9 Å². The fraction of sp³-hybridized carbons (Fsp3) is 0.750. The lowest BCUT2D eigenvalue weighted by atomic mass is 9.81. The lowest BCUT2D eigenvalue weighted by molar-refractivity contribution is 0.109. The molecule has 0 bridgehead atoms. The number of hydrogen-bond acceptors (Lipinski definition) is 2. The van der Waals surface area contributed by atoms with Gasteiger partial charge in [0, 0.05) is 18.8 Å². The van der Waals surface area contributed by atoms with Gasteiger partial charge in [0.25, 0.3) is 0 Å². The van der Waals surface area contributed by atoms with Crippen LogP contribution in [0.2, 0.25) is 0 Å². The van der Waals surface area contributed by atoms with E-state index in [0.29, 0.717) is 0 Å². The maximum atomic E-state index is 10.0. The molecule has 0 spiro atoms.